The lowest BCUT2D eigenvalue weighted by atomic mass is 9.98. The van der Waals surface area contributed by atoms with E-state index in [1.807, 2.05) is 13.8 Å². The van der Waals surface area contributed by atoms with Crippen LogP contribution in [0.15, 0.2) is 10.7 Å². The molecule has 0 aromatic carbocycles. The Hall–Kier alpha value is -2.45. The van der Waals surface area contributed by atoms with Crippen LogP contribution in [0.1, 0.15) is 49.0 Å². The molecule has 0 saturated carbocycles. The van der Waals surface area contributed by atoms with Gasteiger partial charge in [-0.15, -0.1) is 5.10 Å². The predicted octanol–water partition coefficient (Wildman–Crippen LogP) is 1.40. The summed E-state index contributed by atoms with van der Waals surface area (Å²) in [4.78, 5) is 17.4. The Labute approximate surface area is 133 Å². The lowest BCUT2D eigenvalue weighted by Crippen LogP contribution is -2.37. The number of carboxylic acids is 1. The van der Waals surface area contributed by atoms with Crippen molar-refractivity contribution in [3.8, 4) is 0 Å². The quantitative estimate of drug-likeness (QED) is 0.880. The molecule has 1 atom stereocenters. The van der Waals surface area contributed by atoms with Gasteiger partial charge in [0.25, 0.3) is 5.95 Å². The van der Waals surface area contributed by atoms with Gasteiger partial charge in [0.1, 0.15) is 0 Å². The molecule has 124 valence electrons. The van der Waals surface area contributed by atoms with Crippen molar-refractivity contribution in [2.24, 2.45) is 5.92 Å². The first-order valence-electron chi connectivity index (χ1n) is 7.75. The molecule has 1 unspecified atom stereocenters. The number of aromatic carboxylic acids is 1. The number of piperidine rings is 1. The fraction of sp³-hybridized carbons (Fsp3) is 0.643. The molecule has 3 heterocycles. The van der Waals surface area contributed by atoms with Crippen molar-refractivity contribution in [3.05, 3.63) is 17.8 Å². The van der Waals surface area contributed by atoms with Gasteiger partial charge in [0.05, 0.1) is 6.20 Å². The second kappa shape index (κ2) is 6.35. The van der Waals surface area contributed by atoms with Gasteiger partial charge in [-0.2, -0.15) is 4.98 Å². The third kappa shape index (κ3) is 3.49. The van der Waals surface area contributed by atoms with Crippen molar-refractivity contribution in [1.29, 1.82) is 0 Å². The molecule has 1 N–H and O–H groups in total. The van der Waals surface area contributed by atoms with Gasteiger partial charge in [-0.05, 0) is 23.9 Å². The van der Waals surface area contributed by atoms with E-state index in [0.29, 0.717) is 24.3 Å². The Balaban J connectivity index is 1.64. The zero-order chi connectivity index (χ0) is 16.4. The number of anilines is 1. The van der Waals surface area contributed by atoms with Crippen molar-refractivity contribution in [2.75, 3.05) is 18.0 Å². The van der Waals surface area contributed by atoms with Gasteiger partial charge in [0, 0.05) is 25.6 Å². The summed E-state index contributed by atoms with van der Waals surface area (Å²) in [6, 6.07) is 0. The molecule has 1 aliphatic heterocycles. The molecule has 1 fully saturated rings. The average molecular weight is 320 g/mol. The van der Waals surface area contributed by atoms with Crippen LogP contribution in [0.3, 0.4) is 0 Å². The number of hydrogen-bond acceptors (Lipinski definition) is 7. The zero-order valence-electron chi connectivity index (χ0n) is 13.2. The maximum Gasteiger partial charge on any atom is 0.358 e. The minimum atomic E-state index is -1.06. The van der Waals surface area contributed by atoms with Gasteiger partial charge in [-0.25, -0.2) is 4.79 Å². The zero-order valence-corrected chi connectivity index (χ0v) is 13.2. The Morgan fingerprint density at radius 1 is 1.52 bits per heavy atom. The number of rotatable bonds is 5. The Morgan fingerprint density at radius 2 is 2.35 bits per heavy atom. The number of carbonyl (C=O) groups is 1. The monoisotopic (exact) mass is 320 g/mol. The molecule has 0 bridgehead atoms. The van der Waals surface area contributed by atoms with Crippen LogP contribution in [0.4, 0.5) is 5.95 Å². The molecule has 23 heavy (non-hydrogen) atoms. The van der Waals surface area contributed by atoms with Crippen LogP contribution in [0.2, 0.25) is 0 Å². The number of carboxylic acid groups (broad SMARTS) is 1. The molecule has 9 heteroatoms. The molecule has 0 spiro atoms. The second-order valence-electron chi connectivity index (χ2n) is 6.17. The third-order valence-electron chi connectivity index (χ3n) is 3.93. The Kier molecular flexibility index (Phi) is 4.26. The smallest absolute Gasteiger partial charge is 0.358 e. The average Bonchev–Trinajstić information content (AvgIpc) is 3.16. The van der Waals surface area contributed by atoms with E-state index in [0.717, 1.165) is 25.9 Å². The summed E-state index contributed by atoms with van der Waals surface area (Å²) in [5.41, 5.74) is -0.0302. The molecule has 2 aromatic rings. The standard InChI is InChI=1S/C14H20N6O3/c1-9(2)12-15-14(17-23-12)19-5-3-4-10(6-19)7-20-8-11(13(21)22)16-18-20/h8-10H,3-7H2,1-2H3,(H,21,22). The van der Waals surface area contributed by atoms with Gasteiger partial charge in [-0.3, -0.25) is 4.68 Å². The van der Waals surface area contributed by atoms with E-state index in [1.165, 1.54) is 6.20 Å². The summed E-state index contributed by atoms with van der Waals surface area (Å²) >= 11 is 0. The molecule has 0 radical (unpaired) electrons. The third-order valence-corrected chi connectivity index (χ3v) is 3.93. The minimum Gasteiger partial charge on any atom is -0.476 e. The molecule has 3 rings (SSSR count). The van der Waals surface area contributed by atoms with Crippen molar-refractivity contribution in [3.63, 3.8) is 0 Å². The topological polar surface area (TPSA) is 110 Å². The normalized spacial score (nSPS) is 18.6. The lowest BCUT2D eigenvalue weighted by molar-refractivity contribution is 0.0690. The van der Waals surface area contributed by atoms with E-state index in [1.54, 1.807) is 4.68 Å². The minimum absolute atomic E-state index is 0.0302. The van der Waals surface area contributed by atoms with Gasteiger partial charge < -0.3 is 14.5 Å². The van der Waals surface area contributed by atoms with Crippen molar-refractivity contribution < 1.29 is 14.4 Å². The maximum absolute atomic E-state index is 10.8. The van der Waals surface area contributed by atoms with E-state index in [-0.39, 0.29) is 11.6 Å². The summed E-state index contributed by atoms with van der Waals surface area (Å²) in [7, 11) is 0. The SMILES string of the molecule is CC(C)c1nc(N2CCCC(Cn3cc(C(=O)O)nn3)C2)no1. The van der Waals surface area contributed by atoms with Crippen LogP contribution in [0.25, 0.3) is 0 Å². The van der Waals surface area contributed by atoms with E-state index in [4.69, 9.17) is 9.63 Å². The highest BCUT2D eigenvalue weighted by Gasteiger charge is 2.25. The summed E-state index contributed by atoms with van der Waals surface area (Å²) in [6.07, 6.45) is 3.54. The molecule has 9 nitrogen and oxygen atoms in total. The number of aromatic nitrogens is 5. The van der Waals surface area contributed by atoms with E-state index >= 15 is 0 Å². The first kappa shape index (κ1) is 15.4. The highest BCUT2D eigenvalue weighted by molar-refractivity contribution is 5.84. The summed E-state index contributed by atoms with van der Waals surface area (Å²) in [5.74, 6) is 0.761. The van der Waals surface area contributed by atoms with E-state index < -0.39 is 5.97 Å². The number of nitrogens with zero attached hydrogens (tertiary/aromatic N) is 6. The highest BCUT2D eigenvalue weighted by atomic mass is 16.5. The van der Waals surface area contributed by atoms with Gasteiger partial charge in [0.15, 0.2) is 5.69 Å². The van der Waals surface area contributed by atoms with Crippen molar-refractivity contribution in [1.82, 2.24) is 25.1 Å². The molecular formula is C14H20N6O3. The Morgan fingerprint density at radius 3 is 3.00 bits per heavy atom. The molecule has 1 saturated heterocycles. The van der Waals surface area contributed by atoms with Crippen LogP contribution in [-0.4, -0.2) is 49.3 Å². The summed E-state index contributed by atoms with van der Waals surface area (Å²) < 4.78 is 6.86. The van der Waals surface area contributed by atoms with Crippen LogP contribution < -0.4 is 4.90 Å². The second-order valence-corrected chi connectivity index (χ2v) is 6.17. The fourth-order valence-corrected chi connectivity index (χ4v) is 2.74. The van der Waals surface area contributed by atoms with Crippen LogP contribution in [-0.2, 0) is 6.54 Å². The molecular weight excluding hydrogens is 300 g/mol. The van der Waals surface area contributed by atoms with Gasteiger partial charge in [-0.1, -0.05) is 19.1 Å². The van der Waals surface area contributed by atoms with E-state index in [9.17, 15) is 4.79 Å². The predicted molar refractivity (Wildman–Crippen MR) is 80.3 cm³/mol. The van der Waals surface area contributed by atoms with Crippen LogP contribution in [0, 0.1) is 5.92 Å². The van der Waals surface area contributed by atoms with Crippen molar-refractivity contribution >= 4 is 11.9 Å². The van der Waals surface area contributed by atoms with Crippen molar-refractivity contribution in [2.45, 2.75) is 39.2 Å². The first-order chi connectivity index (χ1) is 11.0. The van der Waals surface area contributed by atoms with Gasteiger partial charge >= 0.3 is 5.97 Å². The number of hydrogen-bond donors (Lipinski definition) is 1. The summed E-state index contributed by atoms with van der Waals surface area (Å²) in [5, 5.41) is 20.5. The van der Waals surface area contributed by atoms with E-state index in [2.05, 4.69) is 25.4 Å². The van der Waals surface area contributed by atoms with Gasteiger partial charge in [0.2, 0.25) is 5.89 Å². The summed E-state index contributed by atoms with van der Waals surface area (Å²) in [6.45, 7) is 6.35. The lowest BCUT2D eigenvalue weighted by Gasteiger charge is -2.31. The fourth-order valence-electron chi connectivity index (χ4n) is 2.74. The molecule has 0 aliphatic carbocycles. The maximum atomic E-state index is 10.8. The largest absolute Gasteiger partial charge is 0.476 e. The first-order valence-corrected chi connectivity index (χ1v) is 7.75. The van der Waals surface area contributed by atoms with Crippen LogP contribution in [0.5, 0.6) is 0 Å². The molecule has 2 aromatic heterocycles. The Bertz CT molecular complexity index is 680. The highest BCUT2D eigenvalue weighted by Crippen LogP contribution is 2.23. The van der Waals surface area contributed by atoms with Crippen LogP contribution >= 0.6 is 0 Å². The molecule has 0 amide bonds. The molecule has 1 aliphatic rings.